The number of nitrogens with two attached hydrogens (primary N) is 1. The molecule has 190 valence electrons. The lowest BCUT2D eigenvalue weighted by Crippen LogP contribution is -2.41. The molecule has 2 aromatic rings. The van der Waals surface area contributed by atoms with Gasteiger partial charge in [0.2, 0.25) is 9.84 Å². The van der Waals surface area contributed by atoms with Gasteiger partial charge in [0.25, 0.3) is 5.91 Å². The molecule has 0 aliphatic carbocycles. The number of alkyl halides is 3. The van der Waals surface area contributed by atoms with Crippen molar-refractivity contribution in [3.63, 3.8) is 0 Å². The predicted molar refractivity (Wildman–Crippen MR) is 124 cm³/mol. The minimum absolute atomic E-state index is 0.0877. The van der Waals surface area contributed by atoms with Crippen LogP contribution in [0.5, 0.6) is 0 Å². The third kappa shape index (κ3) is 4.55. The number of amides is 1. The fourth-order valence-corrected chi connectivity index (χ4v) is 6.66. The Kier molecular flexibility index (Phi) is 6.23. The molecule has 0 spiro atoms. The van der Waals surface area contributed by atoms with Crippen LogP contribution < -0.4 is 15.5 Å². The predicted octanol–water partition coefficient (Wildman–Crippen LogP) is 3.56. The van der Waals surface area contributed by atoms with Crippen LogP contribution >= 0.6 is 0 Å². The summed E-state index contributed by atoms with van der Waals surface area (Å²) in [4.78, 5) is 23.5. The second-order valence-corrected chi connectivity index (χ2v) is 11.7. The van der Waals surface area contributed by atoms with Gasteiger partial charge in [0, 0.05) is 24.8 Å². The standard InChI is InChI=1S/C23H28F3N5O3S/c1-14-12-22(2,3)31(13-14)21-19(20(27)32)15(9-10-28-21)35(33,34)18-8-4-7-17(29-18)30-11-5-6-16(30)23(24,25)26/h4,7-10,14,16H,5-6,11-13H2,1-3H3,(H2,27,32). The van der Waals surface area contributed by atoms with Gasteiger partial charge in [0.15, 0.2) is 5.03 Å². The maximum Gasteiger partial charge on any atom is 0.408 e. The summed E-state index contributed by atoms with van der Waals surface area (Å²) in [5.41, 5.74) is 5.01. The van der Waals surface area contributed by atoms with E-state index in [4.69, 9.17) is 5.73 Å². The van der Waals surface area contributed by atoms with Crippen molar-refractivity contribution in [3.8, 4) is 0 Å². The van der Waals surface area contributed by atoms with Crippen molar-refractivity contribution in [1.82, 2.24) is 9.97 Å². The number of rotatable bonds is 5. The number of pyridine rings is 2. The van der Waals surface area contributed by atoms with Gasteiger partial charge in [-0.25, -0.2) is 18.4 Å². The molecule has 1 amide bonds. The molecule has 2 aliphatic heterocycles. The summed E-state index contributed by atoms with van der Waals surface area (Å²) in [7, 11) is -4.41. The molecule has 2 saturated heterocycles. The fourth-order valence-electron chi connectivity index (χ4n) is 5.26. The van der Waals surface area contributed by atoms with Crippen molar-refractivity contribution in [3.05, 3.63) is 36.0 Å². The molecule has 2 fully saturated rings. The van der Waals surface area contributed by atoms with E-state index in [1.54, 1.807) is 0 Å². The normalized spacial score (nSPS) is 22.6. The Morgan fingerprint density at radius 3 is 2.54 bits per heavy atom. The van der Waals surface area contributed by atoms with Crippen molar-refractivity contribution >= 4 is 27.4 Å². The summed E-state index contributed by atoms with van der Waals surface area (Å²) < 4.78 is 67.7. The first-order chi connectivity index (χ1) is 16.2. The molecule has 0 radical (unpaired) electrons. The van der Waals surface area contributed by atoms with Gasteiger partial charge in [-0.05, 0) is 57.2 Å². The number of aromatic nitrogens is 2. The lowest BCUT2D eigenvalue weighted by molar-refractivity contribution is -0.146. The van der Waals surface area contributed by atoms with Crippen LogP contribution in [0, 0.1) is 5.92 Å². The van der Waals surface area contributed by atoms with Crippen molar-refractivity contribution in [2.24, 2.45) is 11.7 Å². The highest BCUT2D eigenvalue weighted by atomic mass is 32.2. The number of hydrogen-bond acceptors (Lipinski definition) is 7. The number of halogens is 3. The molecule has 35 heavy (non-hydrogen) atoms. The topological polar surface area (TPSA) is 109 Å². The molecule has 2 unspecified atom stereocenters. The summed E-state index contributed by atoms with van der Waals surface area (Å²) in [6, 6.07) is 3.34. The van der Waals surface area contributed by atoms with Crippen LogP contribution in [-0.2, 0) is 9.84 Å². The third-order valence-corrected chi connectivity index (χ3v) is 8.36. The Morgan fingerprint density at radius 1 is 1.23 bits per heavy atom. The zero-order chi connectivity index (χ0) is 25.8. The van der Waals surface area contributed by atoms with E-state index in [-0.39, 0.29) is 46.5 Å². The van der Waals surface area contributed by atoms with Crippen LogP contribution in [0.2, 0.25) is 0 Å². The van der Waals surface area contributed by atoms with Gasteiger partial charge >= 0.3 is 6.18 Å². The van der Waals surface area contributed by atoms with E-state index >= 15 is 0 Å². The molecular weight excluding hydrogens is 483 g/mol. The summed E-state index contributed by atoms with van der Waals surface area (Å²) in [6.07, 6.45) is -2.15. The van der Waals surface area contributed by atoms with Crippen LogP contribution in [0.1, 0.15) is 50.4 Å². The first-order valence-electron chi connectivity index (χ1n) is 11.4. The summed E-state index contributed by atoms with van der Waals surface area (Å²) in [5, 5.41) is -0.462. The summed E-state index contributed by atoms with van der Waals surface area (Å²) in [6.45, 7) is 6.67. The average Bonchev–Trinajstić information content (AvgIpc) is 3.37. The molecule has 2 aromatic heterocycles. The van der Waals surface area contributed by atoms with E-state index in [2.05, 4.69) is 9.97 Å². The zero-order valence-corrected chi connectivity index (χ0v) is 20.5. The van der Waals surface area contributed by atoms with Crippen molar-refractivity contribution in [2.45, 2.75) is 67.7 Å². The van der Waals surface area contributed by atoms with Gasteiger partial charge < -0.3 is 15.5 Å². The highest BCUT2D eigenvalue weighted by Crippen LogP contribution is 2.40. The highest BCUT2D eigenvalue weighted by molar-refractivity contribution is 7.91. The Balaban J connectivity index is 1.80. The smallest absolute Gasteiger partial charge is 0.365 e. The molecule has 0 bridgehead atoms. The van der Waals surface area contributed by atoms with Gasteiger partial charge in [-0.15, -0.1) is 0 Å². The van der Waals surface area contributed by atoms with Gasteiger partial charge in [-0.1, -0.05) is 13.0 Å². The van der Waals surface area contributed by atoms with Crippen LogP contribution in [-0.4, -0.2) is 55.1 Å². The van der Waals surface area contributed by atoms with Gasteiger partial charge in [-0.2, -0.15) is 13.2 Å². The summed E-state index contributed by atoms with van der Waals surface area (Å²) in [5.74, 6) is -0.598. The van der Waals surface area contributed by atoms with Crippen LogP contribution in [0.15, 0.2) is 40.4 Å². The molecule has 12 heteroatoms. The van der Waals surface area contributed by atoms with Crippen LogP contribution in [0.3, 0.4) is 0 Å². The molecule has 0 aromatic carbocycles. The SMILES string of the molecule is CC1CN(c2nccc(S(=O)(=O)c3cccc(N4CCCC4C(F)(F)F)n3)c2C(N)=O)C(C)(C)C1. The minimum atomic E-state index is -4.47. The third-order valence-electron chi connectivity index (χ3n) is 6.67. The number of carbonyl (C=O) groups is 1. The molecule has 2 N–H and O–H groups in total. The van der Waals surface area contributed by atoms with E-state index in [9.17, 15) is 26.4 Å². The molecule has 2 aliphatic rings. The molecule has 4 rings (SSSR count). The molecular formula is C23H28F3N5O3S. The van der Waals surface area contributed by atoms with Crippen molar-refractivity contribution in [2.75, 3.05) is 22.9 Å². The number of sulfone groups is 1. The van der Waals surface area contributed by atoms with E-state index in [1.807, 2.05) is 25.7 Å². The monoisotopic (exact) mass is 511 g/mol. The lowest BCUT2D eigenvalue weighted by atomic mass is 9.97. The Labute approximate surface area is 202 Å². The Morgan fingerprint density at radius 2 is 1.94 bits per heavy atom. The van der Waals surface area contributed by atoms with Gasteiger partial charge in [0.05, 0.1) is 4.90 Å². The molecule has 8 nitrogen and oxygen atoms in total. The summed E-state index contributed by atoms with van der Waals surface area (Å²) >= 11 is 0. The van der Waals surface area contributed by atoms with Crippen molar-refractivity contribution < 1.29 is 26.4 Å². The Hall–Kier alpha value is -2.89. The van der Waals surface area contributed by atoms with Crippen LogP contribution in [0.25, 0.3) is 0 Å². The average molecular weight is 512 g/mol. The van der Waals surface area contributed by atoms with Crippen LogP contribution in [0.4, 0.5) is 24.8 Å². The highest BCUT2D eigenvalue weighted by Gasteiger charge is 2.46. The number of nitrogens with zero attached hydrogens (tertiary/aromatic N) is 4. The zero-order valence-electron chi connectivity index (χ0n) is 19.7. The quantitative estimate of drug-likeness (QED) is 0.654. The fraction of sp³-hybridized carbons (Fsp3) is 0.522. The minimum Gasteiger partial charge on any atom is -0.365 e. The molecule has 2 atom stereocenters. The largest absolute Gasteiger partial charge is 0.408 e. The van der Waals surface area contributed by atoms with E-state index in [0.717, 1.165) is 11.3 Å². The number of primary amides is 1. The number of anilines is 2. The maximum atomic E-state index is 13.6. The number of carbonyl (C=O) groups excluding carboxylic acids is 1. The van der Waals surface area contributed by atoms with Gasteiger partial charge in [0.1, 0.15) is 23.2 Å². The second-order valence-electron chi connectivity index (χ2n) is 9.83. The van der Waals surface area contributed by atoms with E-state index < -0.39 is 33.0 Å². The molecule has 0 saturated carbocycles. The van der Waals surface area contributed by atoms with Gasteiger partial charge in [-0.3, -0.25) is 4.79 Å². The second kappa shape index (κ2) is 8.65. The maximum absolute atomic E-state index is 13.6. The first kappa shape index (κ1) is 25.2. The molecule has 4 heterocycles. The van der Waals surface area contributed by atoms with E-state index in [0.29, 0.717) is 13.0 Å². The van der Waals surface area contributed by atoms with E-state index in [1.165, 1.54) is 30.5 Å². The number of hydrogen-bond donors (Lipinski definition) is 1. The first-order valence-corrected chi connectivity index (χ1v) is 12.8. The van der Waals surface area contributed by atoms with Crippen molar-refractivity contribution in [1.29, 1.82) is 0 Å². The lowest BCUT2D eigenvalue weighted by Gasteiger charge is -2.34. The Bertz CT molecular complexity index is 1250.